The van der Waals surface area contributed by atoms with Crippen molar-refractivity contribution >= 4 is 5.91 Å². The number of nitrogens with zero attached hydrogens (tertiary/aromatic N) is 3. The maximum Gasteiger partial charge on any atom is 0.224 e. The number of hydrogen-bond donors (Lipinski definition) is 1. The number of fused-ring (bicyclic) bond motifs is 1. The average Bonchev–Trinajstić information content (AvgIpc) is 3.05. The third-order valence-electron chi connectivity index (χ3n) is 4.64. The topological polar surface area (TPSA) is 73.0 Å². The molecule has 3 rings (SSSR count). The van der Waals surface area contributed by atoms with Gasteiger partial charge in [-0.1, -0.05) is 25.9 Å². The summed E-state index contributed by atoms with van der Waals surface area (Å²) in [6.07, 6.45) is 4.27. The number of carbonyl (C=O) groups is 1. The van der Waals surface area contributed by atoms with E-state index in [0.717, 1.165) is 47.9 Å². The van der Waals surface area contributed by atoms with Gasteiger partial charge in [0, 0.05) is 36.2 Å². The number of imidazole rings is 1. The molecule has 0 fully saturated rings. The number of hydrogen-bond acceptors (Lipinski definition) is 4. The second kappa shape index (κ2) is 6.07. The van der Waals surface area contributed by atoms with Gasteiger partial charge in [-0.2, -0.15) is 0 Å². The number of nitrogens with one attached hydrogen (secondary N) is 1. The highest BCUT2D eigenvalue weighted by atomic mass is 16.5. The SMILES string of the molecule is Cc1noc(C)c1CC(=O)NC1CCc2nc(C(C)(C)C)cn2C1. The van der Waals surface area contributed by atoms with Crippen LogP contribution in [-0.4, -0.2) is 26.7 Å². The zero-order chi connectivity index (χ0) is 17.5. The van der Waals surface area contributed by atoms with Crippen LogP contribution in [0, 0.1) is 13.8 Å². The quantitative estimate of drug-likeness (QED) is 0.938. The Morgan fingerprint density at radius 2 is 2.17 bits per heavy atom. The summed E-state index contributed by atoms with van der Waals surface area (Å²) in [5.41, 5.74) is 2.84. The summed E-state index contributed by atoms with van der Waals surface area (Å²) >= 11 is 0. The molecule has 0 saturated heterocycles. The van der Waals surface area contributed by atoms with E-state index in [4.69, 9.17) is 9.51 Å². The van der Waals surface area contributed by atoms with Crippen LogP contribution < -0.4 is 5.32 Å². The predicted octanol–water partition coefficient (Wildman–Crippen LogP) is 2.46. The average molecular weight is 330 g/mol. The van der Waals surface area contributed by atoms with Crippen molar-refractivity contribution in [2.45, 2.75) is 71.9 Å². The van der Waals surface area contributed by atoms with Crippen LogP contribution in [0.2, 0.25) is 0 Å². The first kappa shape index (κ1) is 16.7. The predicted molar refractivity (Wildman–Crippen MR) is 90.9 cm³/mol. The Bertz CT molecular complexity index is 732. The molecule has 130 valence electrons. The summed E-state index contributed by atoms with van der Waals surface area (Å²) in [7, 11) is 0. The van der Waals surface area contributed by atoms with E-state index in [0.29, 0.717) is 6.42 Å². The molecule has 24 heavy (non-hydrogen) atoms. The van der Waals surface area contributed by atoms with Gasteiger partial charge >= 0.3 is 0 Å². The van der Waals surface area contributed by atoms with Crippen molar-refractivity contribution in [2.24, 2.45) is 0 Å². The normalized spacial score (nSPS) is 17.6. The molecule has 0 radical (unpaired) electrons. The molecular weight excluding hydrogens is 304 g/mol. The Labute approximate surface area is 142 Å². The fourth-order valence-corrected chi connectivity index (χ4v) is 3.12. The zero-order valence-electron chi connectivity index (χ0n) is 15.1. The maximum absolute atomic E-state index is 12.4. The molecule has 0 bridgehead atoms. The van der Waals surface area contributed by atoms with Crippen LogP contribution >= 0.6 is 0 Å². The van der Waals surface area contributed by atoms with Gasteiger partial charge in [-0.05, 0) is 20.3 Å². The molecule has 0 aromatic carbocycles. The molecule has 3 heterocycles. The molecule has 2 aromatic heterocycles. The minimum atomic E-state index is 0.0222. The second-order valence-corrected chi connectivity index (χ2v) is 7.73. The van der Waals surface area contributed by atoms with Gasteiger partial charge in [-0.25, -0.2) is 4.98 Å². The van der Waals surface area contributed by atoms with Crippen LogP contribution in [0.3, 0.4) is 0 Å². The molecule has 2 aromatic rings. The van der Waals surface area contributed by atoms with Crippen molar-refractivity contribution in [2.75, 3.05) is 0 Å². The van der Waals surface area contributed by atoms with Crippen molar-refractivity contribution in [3.05, 3.63) is 34.7 Å². The van der Waals surface area contributed by atoms with Gasteiger partial charge in [0.15, 0.2) is 0 Å². The Morgan fingerprint density at radius 3 is 2.79 bits per heavy atom. The van der Waals surface area contributed by atoms with Crippen LogP contribution in [0.25, 0.3) is 0 Å². The van der Waals surface area contributed by atoms with Crippen molar-refractivity contribution in [1.29, 1.82) is 0 Å². The molecule has 1 atom stereocenters. The van der Waals surface area contributed by atoms with Crippen molar-refractivity contribution in [3.8, 4) is 0 Å². The summed E-state index contributed by atoms with van der Waals surface area (Å²) in [5.74, 6) is 1.86. The minimum Gasteiger partial charge on any atom is -0.361 e. The molecule has 1 N–H and O–H groups in total. The lowest BCUT2D eigenvalue weighted by Gasteiger charge is -2.24. The number of carbonyl (C=O) groups excluding carboxylic acids is 1. The molecule has 1 unspecified atom stereocenters. The lowest BCUT2D eigenvalue weighted by atomic mass is 9.93. The lowest BCUT2D eigenvalue weighted by Crippen LogP contribution is -2.41. The zero-order valence-corrected chi connectivity index (χ0v) is 15.1. The van der Waals surface area contributed by atoms with E-state index in [-0.39, 0.29) is 17.4 Å². The fraction of sp³-hybridized carbons (Fsp3) is 0.611. The summed E-state index contributed by atoms with van der Waals surface area (Å²) in [5, 5.41) is 7.05. The first-order chi connectivity index (χ1) is 11.2. The molecule has 1 amide bonds. The van der Waals surface area contributed by atoms with Crippen molar-refractivity contribution in [1.82, 2.24) is 20.0 Å². The summed E-state index contributed by atoms with van der Waals surface area (Å²) in [4.78, 5) is 17.1. The number of rotatable bonds is 3. The van der Waals surface area contributed by atoms with Crippen molar-refractivity contribution < 1.29 is 9.32 Å². The Morgan fingerprint density at radius 1 is 1.42 bits per heavy atom. The van der Waals surface area contributed by atoms with Crippen LogP contribution in [0.4, 0.5) is 0 Å². The smallest absolute Gasteiger partial charge is 0.224 e. The molecule has 0 aliphatic carbocycles. The largest absolute Gasteiger partial charge is 0.361 e. The van der Waals surface area contributed by atoms with E-state index in [1.54, 1.807) is 0 Å². The number of aryl methyl sites for hydroxylation is 3. The second-order valence-electron chi connectivity index (χ2n) is 7.73. The maximum atomic E-state index is 12.4. The van der Waals surface area contributed by atoms with Crippen LogP contribution in [-0.2, 0) is 29.6 Å². The summed E-state index contributed by atoms with van der Waals surface area (Å²) < 4.78 is 7.31. The number of amides is 1. The lowest BCUT2D eigenvalue weighted by molar-refractivity contribution is -0.121. The standard InChI is InChI=1S/C18H26N4O2/c1-11-14(12(2)24-21-11)8-17(23)19-13-6-7-16-20-15(18(3,4)5)10-22(16)9-13/h10,13H,6-9H2,1-5H3,(H,19,23). The van der Waals surface area contributed by atoms with Gasteiger partial charge in [0.1, 0.15) is 11.6 Å². The van der Waals surface area contributed by atoms with Gasteiger partial charge < -0.3 is 14.4 Å². The van der Waals surface area contributed by atoms with Crippen LogP contribution in [0.5, 0.6) is 0 Å². The molecule has 6 nitrogen and oxygen atoms in total. The first-order valence-corrected chi connectivity index (χ1v) is 8.51. The monoisotopic (exact) mass is 330 g/mol. The van der Waals surface area contributed by atoms with Gasteiger partial charge in [0.05, 0.1) is 17.8 Å². The highest BCUT2D eigenvalue weighted by molar-refractivity contribution is 5.79. The highest BCUT2D eigenvalue weighted by Crippen LogP contribution is 2.24. The highest BCUT2D eigenvalue weighted by Gasteiger charge is 2.25. The van der Waals surface area contributed by atoms with E-state index < -0.39 is 0 Å². The van der Waals surface area contributed by atoms with Gasteiger partial charge in [-0.3, -0.25) is 4.79 Å². The van der Waals surface area contributed by atoms with Crippen molar-refractivity contribution in [3.63, 3.8) is 0 Å². The van der Waals surface area contributed by atoms with E-state index in [1.165, 1.54) is 0 Å². The Balaban J connectivity index is 1.63. The van der Waals surface area contributed by atoms with E-state index in [9.17, 15) is 4.79 Å². The third-order valence-corrected chi connectivity index (χ3v) is 4.64. The molecule has 0 spiro atoms. The van der Waals surface area contributed by atoms with Crippen LogP contribution in [0.1, 0.15) is 55.7 Å². The van der Waals surface area contributed by atoms with E-state index >= 15 is 0 Å². The van der Waals surface area contributed by atoms with E-state index in [2.05, 4.69) is 42.0 Å². The Kier molecular flexibility index (Phi) is 4.24. The number of aromatic nitrogens is 3. The van der Waals surface area contributed by atoms with Crippen LogP contribution in [0.15, 0.2) is 10.7 Å². The molecular formula is C18H26N4O2. The summed E-state index contributed by atoms with van der Waals surface area (Å²) in [6, 6.07) is 0.146. The molecule has 6 heteroatoms. The van der Waals surface area contributed by atoms with Gasteiger partial charge in [0.2, 0.25) is 5.91 Å². The minimum absolute atomic E-state index is 0.0222. The summed E-state index contributed by atoms with van der Waals surface area (Å²) in [6.45, 7) is 11.0. The van der Waals surface area contributed by atoms with Gasteiger partial charge in [-0.15, -0.1) is 0 Å². The van der Waals surface area contributed by atoms with E-state index in [1.807, 2.05) is 13.8 Å². The fourth-order valence-electron chi connectivity index (χ4n) is 3.12. The molecule has 1 aliphatic rings. The Hall–Kier alpha value is -2.11. The third kappa shape index (κ3) is 3.37. The van der Waals surface area contributed by atoms with Gasteiger partial charge in [0.25, 0.3) is 0 Å². The molecule has 0 saturated carbocycles. The molecule has 1 aliphatic heterocycles. The first-order valence-electron chi connectivity index (χ1n) is 8.51.